The molecule has 0 radical (unpaired) electrons. The largest absolute Gasteiger partial charge is 0.498 e. The van der Waals surface area contributed by atoms with Crippen molar-refractivity contribution in [3.63, 3.8) is 0 Å². The number of rotatable bonds is 2. The lowest BCUT2D eigenvalue weighted by Gasteiger charge is -2.02. The van der Waals surface area contributed by atoms with Crippen molar-refractivity contribution in [2.75, 3.05) is 27.2 Å². The van der Waals surface area contributed by atoms with Crippen LogP contribution in [0.15, 0.2) is 11.5 Å². The van der Waals surface area contributed by atoms with Crippen LogP contribution in [0.3, 0.4) is 0 Å². The van der Waals surface area contributed by atoms with Gasteiger partial charge in [-0.2, -0.15) is 0 Å². The first-order chi connectivity index (χ1) is 4.38. The lowest BCUT2D eigenvalue weighted by molar-refractivity contribution is 0.284. The van der Waals surface area contributed by atoms with Gasteiger partial charge in [-0.25, -0.2) is 0 Å². The molecule has 1 aliphatic heterocycles. The smallest absolute Gasteiger partial charge is 0.129 e. The fourth-order valence-corrected chi connectivity index (χ4v) is 0.929. The van der Waals surface area contributed by atoms with Crippen molar-refractivity contribution in [1.82, 2.24) is 10.6 Å². The minimum atomic E-state index is 0.854. The molecule has 0 aliphatic carbocycles. The summed E-state index contributed by atoms with van der Waals surface area (Å²) in [7, 11) is 3.60. The van der Waals surface area contributed by atoms with Gasteiger partial charge in [-0.15, -0.1) is 0 Å². The average Bonchev–Trinajstić information content (AvgIpc) is 2.33. The summed E-state index contributed by atoms with van der Waals surface area (Å²) in [4.78, 5) is 0. The van der Waals surface area contributed by atoms with Crippen LogP contribution in [0.5, 0.6) is 0 Å². The van der Waals surface area contributed by atoms with Crippen LogP contribution < -0.4 is 10.6 Å². The molecular formula is C6H12N2O. The van der Waals surface area contributed by atoms with Gasteiger partial charge in [0.1, 0.15) is 5.76 Å². The normalized spacial score (nSPS) is 18.4. The zero-order chi connectivity index (χ0) is 6.69. The third kappa shape index (κ3) is 1.16. The Labute approximate surface area is 55.1 Å². The molecule has 0 bridgehead atoms. The molecule has 1 rings (SSSR count). The van der Waals surface area contributed by atoms with E-state index < -0.39 is 0 Å². The summed E-state index contributed by atoms with van der Waals surface area (Å²) >= 11 is 0. The van der Waals surface area contributed by atoms with Gasteiger partial charge < -0.3 is 15.4 Å². The molecule has 9 heavy (non-hydrogen) atoms. The third-order valence-corrected chi connectivity index (χ3v) is 1.47. The summed E-state index contributed by atoms with van der Waals surface area (Å²) < 4.78 is 5.07. The molecule has 1 aliphatic rings. The topological polar surface area (TPSA) is 33.3 Å². The SMILES string of the molecule is CNC1=C(OC)CNC1. The van der Waals surface area contributed by atoms with Gasteiger partial charge in [0, 0.05) is 13.6 Å². The summed E-state index contributed by atoms with van der Waals surface area (Å²) in [6.45, 7) is 1.76. The maximum atomic E-state index is 5.07. The van der Waals surface area contributed by atoms with Gasteiger partial charge in [0.05, 0.1) is 19.4 Å². The Balaban J connectivity index is 2.59. The van der Waals surface area contributed by atoms with Crippen molar-refractivity contribution in [3.8, 4) is 0 Å². The van der Waals surface area contributed by atoms with E-state index in [2.05, 4.69) is 10.6 Å². The number of methoxy groups -OCH3 is 1. The maximum Gasteiger partial charge on any atom is 0.129 e. The van der Waals surface area contributed by atoms with Gasteiger partial charge >= 0.3 is 0 Å². The molecule has 0 fully saturated rings. The molecule has 0 aromatic carbocycles. The molecule has 3 heteroatoms. The third-order valence-electron chi connectivity index (χ3n) is 1.47. The van der Waals surface area contributed by atoms with Crippen molar-refractivity contribution >= 4 is 0 Å². The molecular weight excluding hydrogens is 116 g/mol. The monoisotopic (exact) mass is 128 g/mol. The predicted octanol–water partition coefficient (Wildman–Crippen LogP) is -0.333. The molecule has 0 amide bonds. The Morgan fingerprint density at radius 3 is 2.78 bits per heavy atom. The first-order valence-corrected chi connectivity index (χ1v) is 3.03. The molecule has 0 saturated heterocycles. The quantitative estimate of drug-likeness (QED) is 0.534. The standard InChI is InChI=1S/C6H12N2O/c1-7-5-3-8-4-6(5)9-2/h7-8H,3-4H2,1-2H3. The minimum Gasteiger partial charge on any atom is -0.498 e. The van der Waals surface area contributed by atoms with Crippen molar-refractivity contribution in [2.24, 2.45) is 0 Å². The van der Waals surface area contributed by atoms with Crippen molar-refractivity contribution in [1.29, 1.82) is 0 Å². The van der Waals surface area contributed by atoms with Gasteiger partial charge in [0.2, 0.25) is 0 Å². The fraction of sp³-hybridized carbons (Fsp3) is 0.667. The van der Waals surface area contributed by atoms with E-state index in [9.17, 15) is 0 Å². The summed E-state index contributed by atoms with van der Waals surface area (Å²) in [6.07, 6.45) is 0. The molecule has 0 unspecified atom stereocenters. The van der Waals surface area contributed by atoms with E-state index in [1.54, 1.807) is 7.11 Å². The number of hydrogen-bond donors (Lipinski definition) is 2. The van der Waals surface area contributed by atoms with Gasteiger partial charge in [-0.1, -0.05) is 0 Å². The van der Waals surface area contributed by atoms with Gasteiger partial charge in [0.25, 0.3) is 0 Å². The van der Waals surface area contributed by atoms with E-state index in [1.807, 2.05) is 7.05 Å². The second-order valence-electron chi connectivity index (χ2n) is 1.96. The first-order valence-electron chi connectivity index (χ1n) is 3.03. The van der Waals surface area contributed by atoms with E-state index in [1.165, 1.54) is 0 Å². The summed E-state index contributed by atoms with van der Waals surface area (Å²) in [6, 6.07) is 0. The van der Waals surface area contributed by atoms with Crippen LogP contribution in [0.1, 0.15) is 0 Å². The Kier molecular flexibility index (Phi) is 1.95. The van der Waals surface area contributed by atoms with Crippen molar-refractivity contribution in [2.45, 2.75) is 0 Å². The van der Waals surface area contributed by atoms with Crippen LogP contribution in [-0.4, -0.2) is 27.2 Å². The van der Waals surface area contributed by atoms with Crippen LogP contribution in [0.2, 0.25) is 0 Å². The summed E-state index contributed by atoms with van der Waals surface area (Å²) in [5.74, 6) is 1.03. The first kappa shape index (κ1) is 6.42. The lowest BCUT2D eigenvalue weighted by Crippen LogP contribution is -2.14. The highest BCUT2D eigenvalue weighted by Gasteiger charge is 2.11. The highest BCUT2D eigenvalue weighted by atomic mass is 16.5. The Hall–Kier alpha value is -0.700. The number of likely N-dealkylation sites (N-methyl/N-ethyl adjacent to an activating group) is 1. The predicted molar refractivity (Wildman–Crippen MR) is 36.0 cm³/mol. The van der Waals surface area contributed by atoms with E-state index in [0.29, 0.717) is 0 Å². The molecule has 0 atom stereocenters. The molecule has 52 valence electrons. The summed E-state index contributed by atoms with van der Waals surface area (Å²) in [5.41, 5.74) is 1.16. The van der Waals surface area contributed by atoms with Gasteiger partial charge in [-0.3, -0.25) is 0 Å². The number of hydrogen-bond acceptors (Lipinski definition) is 3. The Morgan fingerprint density at radius 1 is 1.56 bits per heavy atom. The van der Waals surface area contributed by atoms with Crippen LogP contribution in [-0.2, 0) is 4.74 Å². The van der Waals surface area contributed by atoms with E-state index in [4.69, 9.17) is 4.74 Å². The van der Waals surface area contributed by atoms with E-state index in [-0.39, 0.29) is 0 Å². The van der Waals surface area contributed by atoms with Crippen molar-refractivity contribution in [3.05, 3.63) is 11.5 Å². The maximum absolute atomic E-state index is 5.07. The number of nitrogens with one attached hydrogen (secondary N) is 2. The second kappa shape index (κ2) is 2.73. The van der Waals surface area contributed by atoms with Crippen LogP contribution in [0, 0.1) is 0 Å². The highest BCUT2D eigenvalue weighted by molar-refractivity contribution is 5.14. The van der Waals surface area contributed by atoms with Gasteiger partial charge in [-0.05, 0) is 0 Å². The highest BCUT2D eigenvalue weighted by Crippen LogP contribution is 2.05. The Bertz CT molecular complexity index is 117. The molecule has 2 N–H and O–H groups in total. The van der Waals surface area contributed by atoms with Crippen LogP contribution >= 0.6 is 0 Å². The molecule has 3 nitrogen and oxygen atoms in total. The van der Waals surface area contributed by atoms with Gasteiger partial charge in [0.15, 0.2) is 0 Å². The molecule has 0 spiro atoms. The van der Waals surface area contributed by atoms with Crippen LogP contribution in [0.4, 0.5) is 0 Å². The van der Waals surface area contributed by atoms with Crippen LogP contribution in [0.25, 0.3) is 0 Å². The lowest BCUT2D eigenvalue weighted by atomic mass is 10.4. The zero-order valence-electron chi connectivity index (χ0n) is 5.82. The molecule has 0 saturated carbocycles. The van der Waals surface area contributed by atoms with Crippen molar-refractivity contribution < 1.29 is 4.74 Å². The average molecular weight is 128 g/mol. The molecule has 1 heterocycles. The summed E-state index contributed by atoms with van der Waals surface area (Å²) in [5, 5.41) is 6.22. The fourth-order valence-electron chi connectivity index (χ4n) is 0.929. The minimum absolute atomic E-state index is 0.854. The van der Waals surface area contributed by atoms with E-state index in [0.717, 1.165) is 24.5 Å². The molecule has 0 aromatic rings. The zero-order valence-corrected chi connectivity index (χ0v) is 5.82. The van der Waals surface area contributed by atoms with E-state index >= 15 is 0 Å². The number of ether oxygens (including phenoxy) is 1. The molecule has 0 aromatic heterocycles. The Morgan fingerprint density at radius 2 is 2.33 bits per heavy atom. The second-order valence-corrected chi connectivity index (χ2v) is 1.96.